The van der Waals surface area contributed by atoms with E-state index in [0.29, 0.717) is 13.2 Å². The first-order valence-electron chi connectivity index (χ1n) is 14.0. The second-order valence-corrected chi connectivity index (χ2v) is 18.5. The SMILES string of the molecule is CC(C)(C)c1ccc(C2(c3ccc(C(C)(C)C)cc3C(C)(C)C)O[PH]34CC2(CO3)CO4)c(C(C)(C)C)c1. The summed E-state index contributed by atoms with van der Waals surface area (Å²) in [5, 5.41) is 0. The van der Waals surface area contributed by atoms with Crippen molar-refractivity contribution >= 4 is 7.94 Å². The van der Waals surface area contributed by atoms with Crippen LogP contribution < -0.4 is 0 Å². The minimum atomic E-state index is -2.71. The van der Waals surface area contributed by atoms with Gasteiger partial charge in [0, 0.05) is 0 Å². The van der Waals surface area contributed by atoms with Crippen molar-refractivity contribution in [1.29, 1.82) is 0 Å². The molecule has 0 amide bonds. The molecule has 3 nitrogen and oxygen atoms in total. The van der Waals surface area contributed by atoms with Crippen LogP contribution in [0.2, 0.25) is 0 Å². The van der Waals surface area contributed by atoms with Crippen LogP contribution in [0.1, 0.15) is 116 Å². The molecule has 0 atom stereocenters. The van der Waals surface area contributed by atoms with Gasteiger partial charge in [-0.3, -0.25) is 0 Å². The fourth-order valence-electron chi connectivity index (χ4n) is 6.67. The Labute approximate surface area is 226 Å². The molecular weight excluding hydrogens is 475 g/mol. The van der Waals surface area contributed by atoms with Crippen LogP contribution in [0.4, 0.5) is 0 Å². The van der Waals surface area contributed by atoms with Crippen molar-refractivity contribution in [2.45, 2.75) is 110 Å². The molecule has 0 N–H and O–H groups in total. The van der Waals surface area contributed by atoms with Gasteiger partial charge < -0.3 is 0 Å². The Balaban J connectivity index is 1.87. The van der Waals surface area contributed by atoms with Gasteiger partial charge in [0.15, 0.2) is 0 Å². The van der Waals surface area contributed by atoms with Crippen molar-refractivity contribution in [3.05, 3.63) is 69.8 Å². The molecule has 0 aromatic heterocycles. The van der Waals surface area contributed by atoms with Gasteiger partial charge in [-0.2, -0.15) is 0 Å². The Morgan fingerprint density at radius 2 is 1.00 bits per heavy atom. The monoisotopic (exact) mass is 524 g/mol. The van der Waals surface area contributed by atoms with Gasteiger partial charge in [-0.05, 0) is 0 Å². The Morgan fingerprint density at radius 3 is 1.27 bits per heavy atom. The third kappa shape index (κ3) is 4.07. The molecule has 2 aromatic rings. The normalized spacial score (nSPS) is 25.5. The van der Waals surface area contributed by atoms with Gasteiger partial charge in [-0.25, -0.2) is 0 Å². The Bertz CT molecular complexity index is 1150. The van der Waals surface area contributed by atoms with E-state index in [9.17, 15) is 0 Å². The molecule has 0 saturated carbocycles. The van der Waals surface area contributed by atoms with Crippen molar-refractivity contribution in [1.82, 2.24) is 0 Å². The van der Waals surface area contributed by atoms with Crippen molar-refractivity contribution in [2.24, 2.45) is 5.41 Å². The number of hydrogen-bond donors (Lipinski definition) is 0. The van der Waals surface area contributed by atoms with Crippen LogP contribution in [0.5, 0.6) is 0 Å². The standard InChI is InChI=1S/C33H49O3P/c1-28(2,3)22-13-15-24(26(17-22)30(7,8)9)33(32-19-34-37(21-32,36-33)35-20-32)25-16-14-23(29(4,5)6)18-27(25)31(10,11)12/h13-18,37H,19-21H2,1-12H3. The minimum absolute atomic E-state index is 0.0428. The predicted octanol–water partition coefficient (Wildman–Crippen LogP) is 8.69. The van der Waals surface area contributed by atoms with E-state index >= 15 is 0 Å². The van der Waals surface area contributed by atoms with Crippen molar-refractivity contribution in [2.75, 3.05) is 19.4 Å². The first kappa shape index (κ1) is 27.3. The molecule has 3 fully saturated rings. The van der Waals surface area contributed by atoms with Crippen LogP contribution in [0.15, 0.2) is 36.4 Å². The van der Waals surface area contributed by atoms with E-state index in [1.54, 1.807) is 0 Å². The Morgan fingerprint density at radius 1 is 0.595 bits per heavy atom. The van der Waals surface area contributed by atoms with Crippen LogP contribution in [-0.4, -0.2) is 19.4 Å². The molecule has 0 radical (unpaired) electrons. The van der Waals surface area contributed by atoms with Gasteiger partial charge in [0.1, 0.15) is 0 Å². The molecule has 204 valence electrons. The second-order valence-electron chi connectivity index (χ2n) is 16.0. The summed E-state index contributed by atoms with van der Waals surface area (Å²) in [5.74, 6) is 0. The van der Waals surface area contributed by atoms with Crippen LogP contribution in [-0.2, 0) is 40.8 Å². The van der Waals surface area contributed by atoms with Crippen molar-refractivity contribution in [3.8, 4) is 0 Å². The molecule has 5 rings (SSSR count). The van der Waals surface area contributed by atoms with Gasteiger partial charge in [0.05, 0.1) is 0 Å². The number of rotatable bonds is 2. The topological polar surface area (TPSA) is 27.7 Å². The maximum absolute atomic E-state index is 7.31. The van der Waals surface area contributed by atoms with Crippen molar-refractivity contribution in [3.63, 3.8) is 0 Å². The van der Waals surface area contributed by atoms with Crippen molar-refractivity contribution < 1.29 is 13.6 Å². The summed E-state index contributed by atoms with van der Waals surface area (Å²) in [4.78, 5) is 0. The molecule has 3 heterocycles. The molecule has 2 aromatic carbocycles. The fourth-order valence-corrected chi connectivity index (χ4v) is 10.3. The summed E-state index contributed by atoms with van der Waals surface area (Å²) in [7, 11) is -2.71. The summed E-state index contributed by atoms with van der Waals surface area (Å²) in [6.45, 7) is 29.3. The first-order valence-corrected chi connectivity index (χ1v) is 16.0. The molecule has 4 heteroatoms. The third-order valence-corrected chi connectivity index (χ3v) is 11.8. The molecular formula is C33H49O3P. The van der Waals surface area contributed by atoms with Crippen LogP contribution >= 0.6 is 7.94 Å². The van der Waals surface area contributed by atoms with Gasteiger partial charge >= 0.3 is 226 Å². The molecule has 3 aliphatic heterocycles. The molecule has 0 spiro atoms. The zero-order valence-electron chi connectivity index (χ0n) is 25.3. The van der Waals surface area contributed by atoms with Crippen LogP contribution in [0, 0.1) is 5.41 Å². The average Bonchev–Trinajstić information content (AvgIpc) is 3.40. The Hall–Kier alpha value is -1.25. The van der Waals surface area contributed by atoms with E-state index in [1.165, 1.54) is 33.4 Å². The maximum atomic E-state index is 7.31. The van der Waals surface area contributed by atoms with Gasteiger partial charge in [-0.15, -0.1) is 0 Å². The summed E-state index contributed by atoms with van der Waals surface area (Å²) in [6, 6.07) is 14.4. The molecule has 3 aliphatic rings. The quantitative estimate of drug-likeness (QED) is 0.368. The second kappa shape index (κ2) is 7.91. The van der Waals surface area contributed by atoms with E-state index in [1.807, 2.05) is 0 Å². The van der Waals surface area contributed by atoms with E-state index in [4.69, 9.17) is 13.6 Å². The summed E-state index contributed by atoms with van der Waals surface area (Å²) in [6.07, 6.45) is 0.912. The van der Waals surface area contributed by atoms with Crippen LogP contribution in [0.25, 0.3) is 0 Å². The molecule has 0 unspecified atom stereocenters. The fraction of sp³-hybridized carbons (Fsp3) is 0.636. The third-order valence-electron chi connectivity index (χ3n) is 8.89. The number of hydrogen-bond acceptors (Lipinski definition) is 3. The van der Waals surface area contributed by atoms with E-state index in [0.717, 1.165) is 6.16 Å². The molecule has 3 saturated heterocycles. The summed E-state index contributed by atoms with van der Waals surface area (Å²) in [5.41, 5.74) is 7.37. The Kier molecular flexibility index (Phi) is 5.84. The zero-order valence-corrected chi connectivity index (χ0v) is 26.3. The predicted molar refractivity (Wildman–Crippen MR) is 157 cm³/mol. The summed E-state index contributed by atoms with van der Waals surface area (Å²) >= 11 is 0. The van der Waals surface area contributed by atoms with Gasteiger partial charge in [0.25, 0.3) is 0 Å². The summed E-state index contributed by atoms with van der Waals surface area (Å²) < 4.78 is 20.0. The number of benzene rings is 2. The molecule has 2 bridgehead atoms. The van der Waals surface area contributed by atoms with Gasteiger partial charge in [-0.1, -0.05) is 0 Å². The molecule has 0 aliphatic carbocycles. The average molecular weight is 525 g/mol. The zero-order chi connectivity index (χ0) is 27.4. The van der Waals surface area contributed by atoms with E-state index in [-0.39, 0.29) is 27.1 Å². The van der Waals surface area contributed by atoms with E-state index in [2.05, 4.69) is 119 Å². The first-order chi connectivity index (χ1) is 16.7. The van der Waals surface area contributed by atoms with E-state index < -0.39 is 13.5 Å². The molecule has 37 heavy (non-hydrogen) atoms. The van der Waals surface area contributed by atoms with Crippen LogP contribution in [0.3, 0.4) is 0 Å². The van der Waals surface area contributed by atoms with Gasteiger partial charge in [0.2, 0.25) is 0 Å².